The van der Waals surface area contributed by atoms with Gasteiger partial charge in [0.1, 0.15) is 17.3 Å². The molecule has 2 aromatic carbocycles. The lowest BCUT2D eigenvalue weighted by Crippen LogP contribution is -2.26. The van der Waals surface area contributed by atoms with Crippen LogP contribution in [0.25, 0.3) is 11.0 Å². The third kappa shape index (κ3) is 3.79. The number of para-hydroxylation sites is 2. The molecule has 2 heterocycles. The van der Waals surface area contributed by atoms with Gasteiger partial charge in [-0.3, -0.25) is 9.78 Å². The van der Waals surface area contributed by atoms with Gasteiger partial charge in [-0.05, 0) is 42.5 Å². The van der Waals surface area contributed by atoms with E-state index in [0.717, 1.165) is 16.9 Å². The number of aromatic nitrogens is 3. The number of rotatable bonds is 5. The number of aromatic amines is 1. The van der Waals surface area contributed by atoms with Crippen LogP contribution in [0.3, 0.4) is 0 Å². The van der Waals surface area contributed by atoms with E-state index in [1.54, 1.807) is 54.7 Å². The maximum absolute atomic E-state index is 12.8. The lowest BCUT2D eigenvalue weighted by atomic mass is 10.2. The van der Waals surface area contributed by atoms with E-state index in [4.69, 9.17) is 4.74 Å². The summed E-state index contributed by atoms with van der Waals surface area (Å²) < 4.78 is 5.78. The van der Waals surface area contributed by atoms with Gasteiger partial charge in [0, 0.05) is 25.0 Å². The van der Waals surface area contributed by atoms with Crippen LogP contribution in [0.15, 0.2) is 73.1 Å². The first-order chi connectivity index (χ1) is 13.2. The van der Waals surface area contributed by atoms with E-state index in [0.29, 0.717) is 23.6 Å². The monoisotopic (exact) mass is 358 g/mol. The largest absolute Gasteiger partial charge is 0.457 e. The highest BCUT2D eigenvalue weighted by Crippen LogP contribution is 2.22. The van der Waals surface area contributed by atoms with Crippen LogP contribution in [0.5, 0.6) is 11.5 Å². The summed E-state index contributed by atoms with van der Waals surface area (Å²) in [5.74, 6) is 1.92. The second-order valence-electron chi connectivity index (χ2n) is 6.17. The molecule has 0 aliphatic rings. The van der Waals surface area contributed by atoms with Gasteiger partial charge in [0.25, 0.3) is 5.91 Å². The number of amides is 1. The number of hydrogen-bond acceptors (Lipinski definition) is 4. The van der Waals surface area contributed by atoms with Crippen molar-refractivity contribution >= 4 is 16.9 Å². The summed E-state index contributed by atoms with van der Waals surface area (Å²) in [6.45, 7) is 0.392. The molecular weight excluding hydrogens is 340 g/mol. The molecule has 4 rings (SSSR count). The molecule has 0 saturated heterocycles. The molecule has 2 aromatic heterocycles. The van der Waals surface area contributed by atoms with Crippen molar-refractivity contribution in [1.29, 1.82) is 0 Å². The third-order valence-electron chi connectivity index (χ3n) is 4.14. The summed E-state index contributed by atoms with van der Waals surface area (Å²) in [5.41, 5.74) is 2.40. The zero-order chi connectivity index (χ0) is 18.6. The van der Waals surface area contributed by atoms with E-state index in [2.05, 4.69) is 15.0 Å². The Balaban J connectivity index is 1.49. The first-order valence-corrected chi connectivity index (χ1v) is 8.56. The number of benzene rings is 2. The van der Waals surface area contributed by atoms with Crippen molar-refractivity contribution in [2.45, 2.75) is 6.54 Å². The van der Waals surface area contributed by atoms with Gasteiger partial charge < -0.3 is 14.6 Å². The number of ether oxygens (including phenoxy) is 1. The number of H-pyrrole nitrogens is 1. The highest BCUT2D eigenvalue weighted by atomic mass is 16.5. The van der Waals surface area contributed by atoms with Crippen LogP contribution < -0.4 is 4.74 Å². The predicted molar refractivity (Wildman–Crippen MR) is 103 cm³/mol. The van der Waals surface area contributed by atoms with E-state index in [9.17, 15) is 4.79 Å². The lowest BCUT2D eigenvalue weighted by molar-refractivity contribution is 0.0781. The van der Waals surface area contributed by atoms with Crippen molar-refractivity contribution in [3.63, 3.8) is 0 Å². The minimum Gasteiger partial charge on any atom is -0.457 e. The Hall–Kier alpha value is -3.67. The molecule has 0 bridgehead atoms. The summed E-state index contributed by atoms with van der Waals surface area (Å²) >= 11 is 0. The van der Waals surface area contributed by atoms with Crippen molar-refractivity contribution in [2.24, 2.45) is 0 Å². The van der Waals surface area contributed by atoms with E-state index in [1.807, 2.05) is 30.3 Å². The molecule has 0 fully saturated rings. The fourth-order valence-electron chi connectivity index (χ4n) is 2.83. The van der Waals surface area contributed by atoms with E-state index >= 15 is 0 Å². The maximum atomic E-state index is 12.8. The fraction of sp³-hybridized carbons (Fsp3) is 0.0952. The number of fused-ring (bicyclic) bond motifs is 1. The second-order valence-corrected chi connectivity index (χ2v) is 6.17. The van der Waals surface area contributed by atoms with Crippen LogP contribution in [-0.2, 0) is 6.54 Å². The molecule has 0 aliphatic carbocycles. The molecule has 1 amide bonds. The Labute approximate surface area is 156 Å². The van der Waals surface area contributed by atoms with Gasteiger partial charge in [-0.15, -0.1) is 0 Å². The quantitative estimate of drug-likeness (QED) is 0.585. The minimum atomic E-state index is -0.101. The molecule has 134 valence electrons. The fourth-order valence-corrected chi connectivity index (χ4v) is 2.83. The molecule has 0 unspecified atom stereocenters. The van der Waals surface area contributed by atoms with Crippen molar-refractivity contribution in [1.82, 2.24) is 19.9 Å². The molecule has 27 heavy (non-hydrogen) atoms. The number of carbonyl (C=O) groups is 1. The van der Waals surface area contributed by atoms with Crippen molar-refractivity contribution in [3.8, 4) is 11.5 Å². The highest BCUT2D eigenvalue weighted by molar-refractivity contribution is 5.94. The van der Waals surface area contributed by atoms with Gasteiger partial charge >= 0.3 is 0 Å². The van der Waals surface area contributed by atoms with Crippen LogP contribution in [-0.4, -0.2) is 32.8 Å². The molecule has 0 atom stereocenters. The number of nitrogens with one attached hydrogen (secondary N) is 1. The minimum absolute atomic E-state index is 0.101. The van der Waals surface area contributed by atoms with Gasteiger partial charge in [-0.1, -0.05) is 18.2 Å². The molecule has 0 spiro atoms. The number of carbonyl (C=O) groups excluding carboxylic acids is 1. The van der Waals surface area contributed by atoms with E-state index in [-0.39, 0.29) is 5.91 Å². The van der Waals surface area contributed by atoms with Gasteiger partial charge in [-0.25, -0.2) is 4.98 Å². The SMILES string of the molecule is CN(Cc1nc2ccccc2[nH]1)C(=O)c1cccc(Oc2ccncc2)c1. The van der Waals surface area contributed by atoms with Crippen LogP contribution in [0, 0.1) is 0 Å². The molecule has 0 radical (unpaired) electrons. The normalized spacial score (nSPS) is 10.7. The first-order valence-electron chi connectivity index (χ1n) is 8.56. The number of hydrogen-bond donors (Lipinski definition) is 1. The van der Waals surface area contributed by atoms with Gasteiger partial charge in [0.15, 0.2) is 0 Å². The predicted octanol–water partition coefficient (Wildman–Crippen LogP) is 4.02. The summed E-state index contributed by atoms with van der Waals surface area (Å²) in [6.07, 6.45) is 3.32. The molecular formula is C21H18N4O2. The van der Waals surface area contributed by atoms with Crippen molar-refractivity contribution in [3.05, 3.63) is 84.4 Å². The third-order valence-corrected chi connectivity index (χ3v) is 4.14. The van der Waals surface area contributed by atoms with Gasteiger partial charge in [0.2, 0.25) is 0 Å². The lowest BCUT2D eigenvalue weighted by Gasteiger charge is -2.16. The topological polar surface area (TPSA) is 71.1 Å². The van der Waals surface area contributed by atoms with E-state index in [1.165, 1.54) is 0 Å². The van der Waals surface area contributed by atoms with Gasteiger partial charge in [-0.2, -0.15) is 0 Å². The highest BCUT2D eigenvalue weighted by Gasteiger charge is 2.15. The Kier molecular flexibility index (Phi) is 4.53. The average Bonchev–Trinajstić information content (AvgIpc) is 3.10. The van der Waals surface area contributed by atoms with Crippen molar-refractivity contribution in [2.75, 3.05) is 7.05 Å². The summed E-state index contributed by atoms with van der Waals surface area (Å²) in [7, 11) is 1.76. The second kappa shape index (κ2) is 7.29. The Morgan fingerprint density at radius 3 is 2.67 bits per heavy atom. The molecule has 6 heteroatoms. The summed E-state index contributed by atoms with van der Waals surface area (Å²) in [6, 6.07) is 18.5. The Morgan fingerprint density at radius 2 is 1.85 bits per heavy atom. The van der Waals surface area contributed by atoms with Crippen molar-refractivity contribution < 1.29 is 9.53 Å². The van der Waals surface area contributed by atoms with Crippen LogP contribution in [0.2, 0.25) is 0 Å². The number of pyridine rings is 1. The molecule has 4 aromatic rings. The zero-order valence-electron chi connectivity index (χ0n) is 14.8. The Morgan fingerprint density at radius 1 is 1.04 bits per heavy atom. The average molecular weight is 358 g/mol. The molecule has 6 nitrogen and oxygen atoms in total. The summed E-state index contributed by atoms with van der Waals surface area (Å²) in [4.78, 5) is 26.1. The Bertz CT molecular complexity index is 1040. The number of nitrogens with zero attached hydrogens (tertiary/aromatic N) is 3. The summed E-state index contributed by atoms with van der Waals surface area (Å²) in [5, 5.41) is 0. The van der Waals surface area contributed by atoms with Crippen LogP contribution in [0.1, 0.15) is 16.2 Å². The zero-order valence-corrected chi connectivity index (χ0v) is 14.8. The molecule has 0 aliphatic heterocycles. The van der Waals surface area contributed by atoms with E-state index < -0.39 is 0 Å². The number of imidazole rings is 1. The van der Waals surface area contributed by atoms with Crippen LogP contribution >= 0.6 is 0 Å². The molecule has 1 N–H and O–H groups in total. The first kappa shape index (κ1) is 16.8. The van der Waals surface area contributed by atoms with Crippen LogP contribution in [0.4, 0.5) is 0 Å². The maximum Gasteiger partial charge on any atom is 0.254 e. The molecule has 0 saturated carbocycles. The standard InChI is InChI=1S/C21H18N4O2/c1-25(14-20-23-18-7-2-3-8-19(18)24-20)21(26)15-5-4-6-17(13-15)27-16-9-11-22-12-10-16/h2-13H,14H2,1H3,(H,23,24). The van der Waals surface area contributed by atoms with Gasteiger partial charge in [0.05, 0.1) is 17.6 Å². The smallest absolute Gasteiger partial charge is 0.254 e.